The van der Waals surface area contributed by atoms with E-state index in [-0.39, 0.29) is 70.0 Å². The number of carboxylic acid groups (broad SMARTS) is 4. The van der Waals surface area contributed by atoms with Crippen LogP contribution in [0.1, 0.15) is 83.6 Å². The monoisotopic (exact) mass is 1210 g/mol. The molecule has 0 aromatic heterocycles. The van der Waals surface area contributed by atoms with Crippen LogP contribution in [0.5, 0.6) is 0 Å². The van der Waals surface area contributed by atoms with Crippen LogP contribution in [0, 0.1) is 5.92 Å². The van der Waals surface area contributed by atoms with Crippen LogP contribution in [0.4, 0.5) is 0 Å². The number of aliphatic imine (C=N–C) groups is 2. The molecular formula is C49H77N17O19. The van der Waals surface area contributed by atoms with Crippen molar-refractivity contribution in [2.24, 2.45) is 50.3 Å². The van der Waals surface area contributed by atoms with Gasteiger partial charge in [-0.15, -0.1) is 0 Å². The Labute approximate surface area is 485 Å². The number of aliphatic hydroxyl groups excluding tert-OH is 1. The normalized spacial score (nSPS) is 13.9. The van der Waals surface area contributed by atoms with Crippen molar-refractivity contribution in [1.29, 1.82) is 0 Å². The molecule has 0 aliphatic heterocycles. The zero-order valence-corrected chi connectivity index (χ0v) is 46.6. The number of guanidine groups is 2. The number of carboxylic acids is 4. The van der Waals surface area contributed by atoms with Gasteiger partial charge in [0.1, 0.15) is 48.3 Å². The van der Waals surface area contributed by atoms with Gasteiger partial charge in [0.2, 0.25) is 59.1 Å². The van der Waals surface area contributed by atoms with E-state index < -0.39 is 182 Å². The zero-order valence-electron chi connectivity index (χ0n) is 46.6. The molecule has 36 heteroatoms. The SMILES string of the molecule is CC(C)[C@H](NC(=O)[C@H](CO)NC(=O)CNC(=O)[C@H](CC(=O)O)NC(=O)[C@H](CCC(=O)O)NC(=O)[C@H](CCCN=C(N)N)NC(=O)[C@H](CCCN=C(N)N)NC(=O)[C@@H](N)CCC(N)=O)C(=O)N[C@@H](CC(=O)O)C(=O)N[C@@H](Cc1ccccc1)C(=O)O. The van der Waals surface area contributed by atoms with E-state index in [9.17, 15) is 92.7 Å². The van der Waals surface area contributed by atoms with Gasteiger partial charge in [-0.05, 0) is 50.0 Å². The van der Waals surface area contributed by atoms with E-state index in [0.29, 0.717) is 5.56 Å². The molecule has 0 unspecified atom stereocenters. The molecule has 0 fully saturated rings. The maximum absolute atomic E-state index is 14.0. The summed E-state index contributed by atoms with van der Waals surface area (Å²) in [5.41, 5.74) is 33.2. The molecule has 10 amide bonds. The van der Waals surface area contributed by atoms with Gasteiger partial charge in [0.15, 0.2) is 11.9 Å². The first-order valence-electron chi connectivity index (χ1n) is 26.2. The highest BCUT2D eigenvalue weighted by molar-refractivity contribution is 5.99. The molecule has 0 saturated carbocycles. The molecule has 0 spiro atoms. The van der Waals surface area contributed by atoms with Gasteiger partial charge >= 0.3 is 23.9 Å². The van der Waals surface area contributed by atoms with Crippen molar-refractivity contribution in [3.05, 3.63) is 35.9 Å². The van der Waals surface area contributed by atoms with E-state index in [1.165, 1.54) is 13.8 Å². The van der Waals surface area contributed by atoms with Crippen LogP contribution in [0.2, 0.25) is 0 Å². The van der Waals surface area contributed by atoms with Crippen LogP contribution in [0.3, 0.4) is 0 Å². The predicted molar refractivity (Wildman–Crippen MR) is 296 cm³/mol. The Balaban J connectivity index is 3.32. The predicted octanol–water partition coefficient (Wildman–Crippen LogP) is -8.53. The number of aliphatic hydroxyl groups is 1. The first-order chi connectivity index (χ1) is 39.8. The molecule has 1 rings (SSSR count). The molecule has 9 atom stereocenters. The summed E-state index contributed by atoms with van der Waals surface area (Å²) in [4.78, 5) is 188. The van der Waals surface area contributed by atoms with Crippen molar-refractivity contribution in [1.82, 2.24) is 47.9 Å². The third-order valence-corrected chi connectivity index (χ3v) is 11.9. The highest BCUT2D eigenvalue weighted by Gasteiger charge is 2.36. The van der Waals surface area contributed by atoms with Crippen molar-refractivity contribution in [2.75, 3.05) is 26.2 Å². The van der Waals surface area contributed by atoms with Crippen LogP contribution in [-0.4, -0.2) is 201 Å². The number of benzene rings is 1. The summed E-state index contributed by atoms with van der Waals surface area (Å²) in [7, 11) is 0. The fraction of sp³-hybridized carbons (Fsp3) is 0.551. The van der Waals surface area contributed by atoms with E-state index in [0.717, 1.165) is 0 Å². The van der Waals surface area contributed by atoms with Crippen LogP contribution in [0.25, 0.3) is 0 Å². The molecule has 0 saturated heterocycles. The molecule has 1 aromatic rings. The number of amides is 10. The van der Waals surface area contributed by atoms with Gasteiger partial charge in [-0.1, -0.05) is 44.2 Å². The van der Waals surface area contributed by atoms with Crippen LogP contribution in [-0.2, 0) is 73.5 Å². The highest BCUT2D eigenvalue weighted by Crippen LogP contribution is 2.10. The van der Waals surface area contributed by atoms with Crippen molar-refractivity contribution in [3.63, 3.8) is 0 Å². The summed E-state index contributed by atoms with van der Waals surface area (Å²) in [5, 5.41) is 68.4. The summed E-state index contributed by atoms with van der Waals surface area (Å²) in [6, 6.07) is -7.15. The largest absolute Gasteiger partial charge is 0.481 e. The number of nitrogens with one attached hydrogen (secondary N) is 9. The van der Waals surface area contributed by atoms with Crippen LogP contribution in [0.15, 0.2) is 40.3 Å². The molecule has 0 bridgehead atoms. The van der Waals surface area contributed by atoms with Gasteiger partial charge in [-0.2, -0.15) is 0 Å². The lowest BCUT2D eigenvalue weighted by Crippen LogP contribution is -2.60. The van der Waals surface area contributed by atoms with E-state index in [2.05, 4.69) is 52.5 Å². The average molecular weight is 1210 g/mol. The lowest BCUT2D eigenvalue weighted by molar-refractivity contribution is -0.144. The Bertz CT molecular complexity index is 2580. The Morgan fingerprint density at radius 1 is 0.482 bits per heavy atom. The van der Waals surface area contributed by atoms with E-state index in [1.54, 1.807) is 30.3 Å². The molecule has 1 aromatic carbocycles. The number of aliphatic carboxylic acids is 4. The number of rotatable bonds is 41. The third kappa shape index (κ3) is 30.2. The van der Waals surface area contributed by atoms with E-state index in [1.807, 2.05) is 5.32 Å². The highest BCUT2D eigenvalue weighted by atomic mass is 16.4. The van der Waals surface area contributed by atoms with Gasteiger partial charge in [-0.3, -0.25) is 72.3 Å². The number of carbonyl (C=O) groups excluding carboxylic acids is 10. The Kier molecular flexibility index (Phi) is 32.9. The summed E-state index contributed by atoms with van der Waals surface area (Å²) in [5.74, 6) is -19.0. The molecule has 0 heterocycles. The smallest absolute Gasteiger partial charge is 0.326 e. The lowest BCUT2D eigenvalue weighted by Gasteiger charge is -2.27. The second-order valence-corrected chi connectivity index (χ2v) is 19.3. The fourth-order valence-electron chi connectivity index (χ4n) is 7.48. The number of hydrogen-bond acceptors (Lipinski definition) is 18. The summed E-state index contributed by atoms with van der Waals surface area (Å²) >= 11 is 0. The maximum Gasteiger partial charge on any atom is 0.326 e. The Hall–Kier alpha value is -9.74. The van der Waals surface area contributed by atoms with Crippen molar-refractivity contribution in [3.8, 4) is 0 Å². The molecule has 472 valence electrons. The summed E-state index contributed by atoms with van der Waals surface area (Å²) in [6.45, 7) is 0.486. The second-order valence-electron chi connectivity index (χ2n) is 19.3. The first kappa shape index (κ1) is 73.3. The van der Waals surface area contributed by atoms with Gasteiger partial charge < -0.3 is 108 Å². The van der Waals surface area contributed by atoms with E-state index >= 15 is 0 Å². The Morgan fingerprint density at radius 3 is 1.36 bits per heavy atom. The maximum atomic E-state index is 14.0. The number of nitrogens with two attached hydrogens (primary N) is 6. The van der Waals surface area contributed by atoms with Gasteiger partial charge in [-0.25, -0.2) is 4.79 Å². The third-order valence-electron chi connectivity index (χ3n) is 11.9. The molecule has 0 radical (unpaired) electrons. The minimum absolute atomic E-state index is 0.0248. The second kappa shape index (κ2) is 38.1. The first-order valence-corrected chi connectivity index (χ1v) is 26.2. The summed E-state index contributed by atoms with van der Waals surface area (Å²) < 4.78 is 0. The van der Waals surface area contributed by atoms with Crippen molar-refractivity contribution < 1.29 is 92.7 Å². The molecule has 0 aliphatic carbocycles. The number of primary amides is 1. The average Bonchev–Trinajstić information content (AvgIpc) is 3.60. The lowest BCUT2D eigenvalue weighted by atomic mass is 10.0. The molecule has 36 nitrogen and oxygen atoms in total. The zero-order chi connectivity index (χ0) is 64.5. The molecule has 26 N–H and O–H groups in total. The molecule has 85 heavy (non-hydrogen) atoms. The van der Waals surface area contributed by atoms with Crippen LogP contribution < -0.4 is 82.3 Å². The van der Waals surface area contributed by atoms with Crippen molar-refractivity contribution in [2.45, 2.75) is 139 Å². The standard InChI is InChI=1S/C49H77N17O19/c1-23(2)38(46(83)64-30(20-37(74)75)44(81)65-31(47(84)85)18-24-8-4-3-5-9-24)66-45(82)32(22-67)59-34(69)21-58-40(77)29(19-36(72)73)63-43(80)28(13-15-35(70)71)62-42(79)27(11-7-17-57-49(54)55)61-41(78)26(10-6-16-56-48(52)53)60-39(76)25(50)12-14-33(51)68/h3-5,8-9,23,25-32,38,67H,6-7,10-22,50H2,1-2H3,(H2,51,68)(H,58,77)(H,59,69)(H,60,76)(H,61,78)(H,62,79)(H,63,80)(H,64,83)(H,65,81)(H,66,82)(H,70,71)(H,72,73)(H,74,75)(H,84,85)(H4,52,53,56)(H4,54,55,57)/t25-,26-,27-,28-,29-,30-,31-,32-,38-/m0/s1. The molecule has 0 aliphatic rings. The topological polar surface area (TPSA) is 629 Å². The van der Waals surface area contributed by atoms with Crippen LogP contribution >= 0.6 is 0 Å². The van der Waals surface area contributed by atoms with Crippen molar-refractivity contribution >= 4 is 94.9 Å². The Morgan fingerprint density at radius 2 is 0.918 bits per heavy atom. The van der Waals surface area contributed by atoms with Gasteiger partial charge in [0, 0.05) is 32.4 Å². The number of carbonyl (C=O) groups is 14. The minimum Gasteiger partial charge on any atom is -0.481 e. The van der Waals surface area contributed by atoms with Gasteiger partial charge in [0.25, 0.3) is 0 Å². The quantitative estimate of drug-likeness (QED) is 0.0164. The fourth-order valence-corrected chi connectivity index (χ4v) is 7.48. The van der Waals surface area contributed by atoms with E-state index in [4.69, 9.17) is 34.4 Å². The van der Waals surface area contributed by atoms with Gasteiger partial charge in [0.05, 0.1) is 32.0 Å². The summed E-state index contributed by atoms with van der Waals surface area (Å²) in [6.07, 6.45) is -4.83. The number of hydrogen-bond donors (Lipinski definition) is 20. The number of nitrogens with zero attached hydrogens (tertiary/aromatic N) is 2. The minimum atomic E-state index is -2.07. The molecular weight excluding hydrogens is 1130 g/mol.